The zero-order chi connectivity index (χ0) is 9.97. The number of nitrogens with one attached hydrogen (secondary N) is 1. The van der Waals surface area contributed by atoms with Crippen molar-refractivity contribution in [3.8, 4) is 0 Å². The summed E-state index contributed by atoms with van der Waals surface area (Å²) in [4.78, 5) is 24.8. The number of carbonyl (C=O) groups excluding carboxylic acids is 2. The van der Waals surface area contributed by atoms with Gasteiger partial charge in [-0.15, -0.1) is 0 Å². The summed E-state index contributed by atoms with van der Waals surface area (Å²) in [5.74, 6) is 0.00438. The summed E-state index contributed by atoms with van der Waals surface area (Å²) >= 11 is 0. The van der Waals surface area contributed by atoms with Crippen LogP contribution in [0, 0.1) is 0 Å². The molecule has 1 N–H and O–H groups in total. The second-order valence-corrected chi connectivity index (χ2v) is 3.07. The van der Waals surface area contributed by atoms with Crippen LogP contribution in [0.1, 0.15) is 11.1 Å². The Hall–Kier alpha value is -1.93. The van der Waals surface area contributed by atoms with Gasteiger partial charge in [-0.2, -0.15) is 4.99 Å². The lowest BCUT2D eigenvalue weighted by atomic mass is 9.99. The molecular formula is C10H8N2O2. The van der Waals surface area contributed by atoms with Crippen LogP contribution < -0.4 is 5.32 Å². The Balaban J connectivity index is 2.51. The molecule has 0 radical (unpaired) electrons. The minimum absolute atomic E-state index is 0.00438. The topological polar surface area (TPSA) is 58.5 Å². The number of nitrogens with zero attached hydrogens (tertiary/aromatic N) is 1. The minimum Gasteiger partial charge on any atom is -0.352 e. The van der Waals surface area contributed by atoms with Crippen molar-refractivity contribution >= 4 is 17.7 Å². The first-order valence-electron chi connectivity index (χ1n) is 4.26. The van der Waals surface area contributed by atoms with Crippen molar-refractivity contribution < 1.29 is 9.59 Å². The van der Waals surface area contributed by atoms with E-state index in [4.69, 9.17) is 0 Å². The third-order valence-corrected chi connectivity index (χ3v) is 2.23. The SMILES string of the molecule is O=C=Nc1cccc2c1CNC(=O)C2. The van der Waals surface area contributed by atoms with Gasteiger partial charge in [0.1, 0.15) is 0 Å². The van der Waals surface area contributed by atoms with Gasteiger partial charge in [0, 0.05) is 12.1 Å². The highest BCUT2D eigenvalue weighted by Gasteiger charge is 2.16. The first-order valence-corrected chi connectivity index (χ1v) is 4.26. The number of aliphatic imine (C=N–C) groups is 1. The molecule has 0 aromatic heterocycles. The number of rotatable bonds is 1. The van der Waals surface area contributed by atoms with Gasteiger partial charge in [-0.25, -0.2) is 4.79 Å². The standard InChI is InChI=1S/C10H8N2O2/c13-6-12-9-3-1-2-7-4-10(14)11-5-8(7)9/h1-3H,4-5H2,(H,11,14). The molecule has 0 spiro atoms. The van der Waals surface area contributed by atoms with Crippen molar-refractivity contribution in [3.63, 3.8) is 0 Å². The molecular weight excluding hydrogens is 180 g/mol. The summed E-state index contributed by atoms with van der Waals surface area (Å²) in [6.07, 6.45) is 1.87. The van der Waals surface area contributed by atoms with Gasteiger partial charge in [-0.05, 0) is 11.6 Å². The van der Waals surface area contributed by atoms with E-state index in [0.29, 0.717) is 18.7 Å². The maximum absolute atomic E-state index is 11.1. The van der Waals surface area contributed by atoms with E-state index in [1.165, 1.54) is 6.08 Å². The quantitative estimate of drug-likeness (QED) is 0.524. The molecule has 0 saturated carbocycles. The van der Waals surface area contributed by atoms with Crippen LogP contribution >= 0.6 is 0 Å². The fraction of sp³-hybridized carbons (Fsp3) is 0.200. The first kappa shape index (κ1) is 8.66. The highest BCUT2D eigenvalue weighted by atomic mass is 16.1. The second kappa shape index (κ2) is 3.44. The molecule has 1 aromatic rings. The summed E-state index contributed by atoms with van der Waals surface area (Å²) in [5.41, 5.74) is 2.44. The van der Waals surface area contributed by atoms with Crippen molar-refractivity contribution in [1.29, 1.82) is 0 Å². The number of isocyanates is 1. The summed E-state index contributed by atoms with van der Waals surface area (Å²) < 4.78 is 0. The van der Waals surface area contributed by atoms with Crippen LogP contribution in [0.25, 0.3) is 0 Å². The van der Waals surface area contributed by atoms with E-state index < -0.39 is 0 Å². The Labute approximate surface area is 80.7 Å². The molecule has 0 bridgehead atoms. The molecule has 1 aliphatic rings. The van der Waals surface area contributed by atoms with Gasteiger partial charge in [0.15, 0.2) is 0 Å². The molecule has 1 amide bonds. The van der Waals surface area contributed by atoms with E-state index in [0.717, 1.165) is 11.1 Å². The van der Waals surface area contributed by atoms with Gasteiger partial charge in [0.25, 0.3) is 0 Å². The molecule has 0 saturated heterocycles. The number of benzene rings is 1. The minimum atomic E-state index is 0.00438. The Morgan fingerprint density at radius 2 is 2.29 bits per heavy atom. The summed E-state index contributed by atoms with van der Waals surface area (Å²) in [7, 11) is 0. The molecule has 0 fully saturated rings. The molecule has 0 atom stereocenters. The largest absolute Gasteiger partial charge is 0.352 e. The fourth-order valence-corrected chi connectivity index (χ4v) is 1.57. The highest BCUT2D eigenvalue weighted by molar-refractivity contribution is 5.81. The van der Waals surface area contributed by atoms with E-state index in [1.807, 2.05) is 6.07 Å². The summed E-state index contributed by atoms with van der Waals surface area (Å²) in [5, 5.41) is 2.71. The summed E-state index contributed by atoms with van der Waals surface area (Å²) in [6.45, 7) is 0.440. The van der Waals surface area contributed by atoms with E-state index >= 15 is 0 Å². The van der Waals surface area contributed by atoms with Gasteiger partial charge >= 0.3 is 0 Å². The van der Waals surface area contributed by atoms with Crippen molar-refractivity contribution in [2.45, 2.75) is 13.0 Å². The van der Waals surface area contributed by atoms with Crippen LogP contribution in [0.3, 0.4) is 0 Å². The first-order chi connectivity index (χ1) is 6.81. The van der Waals surface area contributed by atoms with Crippen LogP contribution in [-0.4, -0.2) is 12.0 Å². The molecule has 70 valence electrons. The average Bonchev–Trinajstić information content (AvgIpc) is 2.18. The van der Waals surface area contributed by atoms with Gasteiger partial charge in [-0.1, -0.05) is 12.1 Å². The van der Waals surface area contributed by atoms with Gasteiger partial charge in [0.2, 0.25) is 12.0 Å². The maximum Gasteiger partial charge on any atom is 0.240 e. The number of fused-ring (bicyclic) bond motifs is 1. The number of hydrogen-bond acceptors (Lipinski definition) is 3. The third-order valence-electron chi connectivity index (χ3n) is 2.23. The molecule has 14 heavy (non-hydrogen) atoms. The lowest BCUT2D eigenvalue weighted by Gasteiger charge is -2.17. The van der Waals surface area contributed by atoms with Crippen molar-refractivity contribution in [2.24, 2.45) is 4.99 Å². The molecule has 4 nitrogen and oxygen atoms in total. The molecule has 1 aromatic carbocycles. The van der Waals surface area contributed by atoms with Gasteiger partial charge in [-0.3, -0.25) is 4.79 Å². The molecule has 4 heteroatoms. The molecule has 2 rings (SSSR count). The number of amides is 1. The Morgan fingerprint density at radius 3 is 3.07 bits per heavy atom. The molecule has 1 heterocycles. The smallest absolute Gasteiger partial charge is 0.240 e. The number of carbonyl (C=O) groups is 1. The van der Waals surface area contributed by atoms with E-state index in [2.05, 4.69) is 10.3 Å². The van der Waals surface area contributed by atoms with E-state index in [9.17, 15) is 9.59 Å². The van der Waals surface area contributed by atoms with Crippen LogP contribution in [0.2, 0.25) is 0 Å². The zero-order valence-electron chi connectivity index (χ0n) is 7.41. The highest BCUT2D eigenvalue weighted by Crippen LogP contribution is 2.24. The van der Waals surface area contributed by atoms with Crippen molar-refractivity contribution in [3.05, 3.63) is 29.3 Å². The molecule has 0 aliphatic carbocycles. The van der Waals surface area contributed by atoms with Crippen LogP contribution in [0.5, 0.6) is 0 Å². The second-order valence-electron chi connectivity index (χ2n) is 3.07. The van der Waals surface area contributed by atoms with E-state index in [1.54, 1.807) is 12.1 Å². The Morgan fingerprint density at radius 1 is 1.43 bits per heavy atom. The van der Waals surface area contributed by atoms with E-state index in [-0.39, 0.29) is 5.91 Å². The maximum atomic E-state index is 11.1. The van der Waals surface area contributed by atoms with Crippen molar-refractivity contribution in [1.82, 2.24) is 5.32 Å². The fourth-order valence-electron chi connectivity index (χ4n) is 1.57. The predicted octanol–water partition coefficient (Wildman–Crippen LogP) is 0.826. The predicted molar refractivity (Wildman–Crippen MR) is 49.8 cm³/mol. The van der Waals surface area contributed by atoms with Gasteiger partial charge in [0.05, 0.1) is 12.1 Å². The Kier molecular flexibility index (Phi) is 2.13. The normalized spacial score (nSPS) is 13.9. The van der Waals surface area contributed by atoms with Crippen LogP contribution in [-0.2, 0) is 22.6 Å². The van der Waals surface area contributed by atoms with Crippen LogP contribution in [0.15, 0.2) is 23.2 Å². The Bertz CT molecular complexity index is 434. The molecule has 1 aliphatic heterocycles. The lowest BCUT2D eigenvalue weighted by Crippen LogP contribution is -2.30. The monoisotopic (exact) mass is 188 g/mol. The zero-order valence-corrected chi connectivity index (χ0v) is 7.41. The van der Waals surface area contributed by atoms with Crippen LogP contribution in [0.4, 0.5) is 5.69 Å². The summed E-state index contributed by atoms with van der Waals surface area (Å²) in [6, 6.07) is 5.40. The average molecular weight is 188 g/mol. The molecule has 0 unspecified atom stereocenters. The van der Waals surface area contributed by atoms with Gasteiger partial charge < -0.3 is 5.32 Å². The van der Waals surface area contributed by atoms with Crippen molar-refractivity contribution in [2.75, 3.05) is 0 Å². The number of hydrogen-bond donors (Lipinski definition) is 1. The lowest BCUT2D eigenvalue weighted by molar-refractivity contribution is -0.121. The third kappa shape index (κ3) is 1.43.